The maximum atomic E-state index is 10.9. The van der Waals surface area contributed by atoms with E-state index >= 15 is 0 Å². The highest BCUT2D eigenvalue weighted by molar-refractivity contribution is 5.69. The Morgan fingerprint density at radius 2 is 2.11 bits per heavy atom. The third kappa shape index (κ3) is 2.59. The van der Waals surface area contributed by atoms with E-state index in [0.29, 0.717) is 5.92 Å². The molecule has 1 N–H and O–H groups in total. The van der Waals surface area contributed by atoms with Gasteiger partial charge in [0.2, 0.25) is 0 Å². The minimum absolute atomic E-state index is 0.131. The quantitative estimate of drug-likeness (QED) is 0.917. The van der Waals surface area contributed by atoms with E-state index in [1.807, 2.05) is 12.3 Å². The largest absolute Gasteiger partial charge is 0.481 e. The number of hydrogen-bond acceptors (Lipinski definition) is 3. The molecular formula is C14H17N3O2. The van der Waals surface area contributed by atoms with Crippen molar-refractivity contribution in [3.8, 4) is 0 Å². The number of pyridine rings is 1. The summed E-state index contributed by atoms with van der Waals surface area (Å²) < 4.78 is 1.79. The highest BCUT2D eigenvalue weighted by atomic mass is 16.4. The van der Waals surface area contributed by atoms with E-state index in [2.05, 4.69) is 16.1 Å². The van der Waals surface area contributed by atoms with E-state index < -0.39 is 5.97 Å². The van der Waals surface area contributed by atoms with E-state index in [-0.39, 0.29) is 5.92 Å². The second-order valence-corrected chi connectivity index (χ2v) is 5.36. The van der Waals surface area contributed by atoms with E-state index in [0.717, 1.165) is 37.8 Å². The molecule has 0 atom stereocenters. The van der Waals surface area contributed by atoms with E-state index in [1.54, 1.807) is 10.8 Å². The fourth-order valence-corrected chi connectivity index (χ4v) is 2.93. The van der Waals surface area contributed by atoms with Gasteiger partial charge < -0.3 is 5.11 Å². The van der Waals surface area contributed by atoms with Gasteiger partial charge in [-0.2, -0.15) is 5.10 Å². The second-order valence-electron chi connectivity index (χ2n) is 5.36. The Hall–Kier alpha value is -1.91. The average molecular weight is 259 g/mol. The number of hydrogen-bond donors (Lipinski definition) is 1. The summed E-state index contributed by atoms with van der Waals surface area (Å²) in [6.45, 7) is 0. The Balaban J connectivity index is 1.64. The standard InChI is InChI=1S/C14H17N3O2/c18-14(19)12-4-1-10(2-5-12)7-11-3-6-13-15-9-16-17(13)8-11/h3,6,8-10,12H,1-2,4-5,7H2,(H,18,19)/t10-,12-. The molecule has 0 bridgehead atoms. The zero-order valence-electron chi connectivity index (χ0n) is 10.7. The predicted octanol–water partition coefficient (Wildman–Crippen LogP) is 2.16. The number of carboxylic acids is 1. The number of carbonyl (C=O) groups is 1. The minimum atomic E-state index is -0.637. The molecule has 5 heteroatoms. The van der Waals surface area contributed by atoms with Gasteiger partial charge in [-0.05, 0) is 49.7 Å². The van der Waals surface area contributed by atoms with Crippen molar-refractivity contribution in [2.75, 3.05) is 0 Å². The first-order chi connectivity index (χ1) is 9.22. The molecule has 2 aromatic rings. The third-order valence-corrected chi connectivity index (χ3v) is 4.06. The molecule has 0 aromatic carbocycles. The lowest BCUT2D eigenvalue weighted by molar-refractivity contribution is -0.143. The van der Waals surface area contributed by atoms with Crippen LogP contribution in [0.1, 0.15) is 31.2 Å². The van der Waals surface area contributed by atoms with Gasteiger partial charge in [0.1, 0.15) is 6.33 Å². The maximum absolute atomic E-state index is 10.9. The van der Waals surface area contributed by atoms with Crippen molar-refractivity contribution in [3.05, 3.63) is 30.2 Å². The lowest BCUT2D eigenvalue weighted by Crippen LogP contribution is -2.22. The van der Waals surface area contributed by atoms with Crippen LogP contribution in [0, 0.1) is 11.8 Å². The Bertz CT molecular complexity index is 585. The van der Waals surface area contributed by atoms with Crippen LogP contribution in [0.2, 0.25) is 0 Å². The first-order valence-corrected chi connectivity index (χ1v) is 6.73. The normalized spacial score (nSPS) is 23.6. The summed E-state index contributed by atoms with van der Waals surface area (Å²) in [6.07, 6.45) is 8.21. The molecule has 0 spiro atoms. The first kappa shape index (κ1) is 12.1. The van der Waals surface area contributed by atoms with Crippen LogP contribution in [0.5, 0.6) is 0 Å². The monoisotopic (exact) mass is 259 g/mol. The zero-order valence-corrected chi connectivity index (χ0v) is 10.7. The van der Waals surface area contributed by atoms with Crippen molar-refractivity contribution in [1.29, 1.82) is 0 Å². The van der Waals surface area contributed by atoms with Crippen LogP contribution in [0.15, 0.2) is 24.7 Å². The molecule has 0 unspecified atom stereocenters. The highest BCUT2D eigenvalue weighted by Gasteiger charge is 2.25. The molecule has 0 aliphatic heterocycles. The Kier molecular flexibility index (Phi) is 3.19. The minimum Gasteiger partial charge on any atom is -0.481 e. The number of aliphatic carboxylic acids is 1. The molecule has 100 valence electrons. The molecule has 0 radical (unpaired) electrons. The Morgan fingerprint density at radius 1 is 1.32 bits per heavy atom. The summed E-state index contributed by atoms with van der Waals surface area (Å²) >= 11 is 0. The molecule has 2 aromatic heterocycles. The molecule has 1 aliphatic rings. The zero-order chi connectivity index (χ0) is 13.2. The Morgan fingerprint density at radius 3 is 2.84 bits per heavy atom. The van der Waals surface area contributed by atoms with Gasteiger partial charge in [-0.1, -0.05) is 6.07 Å². The van der Waals surface area contributed by atoms with Crippen molar-refractivity contribution in [3.63, 3.8) is 0 Å². The van der Waals surface area contributed by atoms with Crippen LogP contribution in [0.3, 0.4) is 0 Å². The smallest absolute Gasteiger partial charge is 0.306 e. The van der Waals surface area contributed by atoms with Gasteiger partial charge in [-0.15, -0.1) is 0 Å². The van der Waals surface area contributed by atoms with Crippen LogP contribution in [0.25, 0.3) is 5.65 Å². The first-order valence-electron chi connectivity index (χ1n) is 6.73. The maximum Gasteiger partial charge on any atom is 0.306 e. The Labute approximate surface area is 111 Å². The third-order valence-electron chi connectivity index (χ3n) is 4.06. The number of carboxylic acid groups (broad SMARTS) is 1. The molecule has 1 fully saturated rings. The molecule has 0 amide bonds. The van der Waals surface area contributed by atoms with Gasteiger partial charge in [-0.25, -0.2) is 9.50 Å². The van der Waals surface area contributed by atoms with Crippen molar-refractivity contribution in [1.82, 2.24) is 14.6 Å². The predicted molar refractivity (Wildman–Crippen MR) is 69.8 cm³/mol. The van der Waals surface area contributed by atoms with E-state index in [9.17, 15) is 4.79 Å². The molecular weight excluding hydrogens is 242 g/mol. The van der Waals surface area contributed by atoms with Gasteiger partial charge in [0.15, 0.2) is 5.65 Å². The number of aromatic nitrogens is 3. The van der Waals surface area contributed by atoms with Crippen molar-refractivity contribution in [2.24, 2.45) is 11.8 Å². The molecule has 5 nitrogen and oxygen atoms in total. The van der Waals surface area contributed by atoms with Crippen LogP contribution in [-0.4, -0.2) is 25.7 Å². The van der Waals surface area contributed by atoms with Crippen LogP contribution < -0.4 is 0 Å². The second kappa shape index (κ2) is 4.99. The summed E-state index contributed by atoms with van der Waals surface area (Å²) in [5.74, 6) is -0.173. The molecule has 1 aliphatic carbocycles. The lowest BCUT2D eigenvalue weighted by atomic mass is 9.79. The van der Waals surface area contributed by atoms with Gasteiger partial charge >= 0.3 is 5.97 Å². The van der Waals surface area contributed by atoms with Crippen LogP contribution >= 0.6 is 0 Å². The van der Waals surface area contributed by atoms with Gasteiger partial charge in [0.05, 0.1) is 5.92 Å². The van der Waals surface area contributed by atoms with E-state index in [4.69, 9.17) is 5.11 Å². The van der Waals surface area contributed by atoms with Gasteiger partial charge in [0, 0.05) is 6.20 Å². The summed E-state index contributed by atoms with van der Waals surface area (Å²) in [7, 11) is 0. The van der Waals surface area contributed by atoms with E-state index in [1.165, 1.54) is 5.56 Å². The van der Waals surface area contributed by atoms with Gasteiger partial charge in [0.25, 0.3) is 0 Å². The van der Waals surface area contributed by atoms with Crippen LogP contribution in [-0.2, 0) is 11.2 Å². The fourth-order valence-electron chi connectivity index (χ4n) is 2.93. The number of nitrogens with zero attached hydrogens (tertiary/aromatic N) is 3. The van der Waals surface area contributed by atoms with Crippen LogP contribution in [0.4, 0.5) is 0 Å². The highest BCUT2D eigenvalue weighted by Crippen LogP contribution is 2.31. The van der Waals surface area contributed by atoms with Crippen molar-refractivity contribution >= 4 is 11.6 Å². The molecule has 0 saturated heterocycles. The van der Waals surface area contributed by atoms with Crippen molar-refractivity contribution in [2.45, 2.75) is 32.1 Å². The summed E-state index contributed by atoms with van der Waals surface area (Å²) in [5, 5.41) is 13.1. The fraction of sp³-hybridized carbons (Fsp3) is 0.500. The molecule has 1 saturated carbocycles. The number of fused-ring (bicyclic) bond motifs is 1. The topological polar surface area (TPSA) is 67.5 Å². The SMILES string of the molecule is O=C(O)[C@H]1CC[C@H](Cc2ccc3ncnn3c2)CC1. The summed E-state index contributed by atoms with van der Waals surface area (Å²) in [6, 6.07) is 4.07. The van der Waals surface area contributed by atoms with Crippen molar-refractivity contribution < 1.29 is 9.90 Å². The molecule has 3 rings (SSSR count). The summed E-state index contributed by atoms with van der Waals surface area (Å²) in [5.41, 5.74) is 2.11. The average Bonchev–Trinajstić information content (AvgIpc) is 2.87. The summed E-state index contributed by atoms with van der Waals surface area (Å²) in [4.78, 5) is 15.0. The molecule has 19 heavy (non-hydrogen) atoms. The number of rotatable bonds is 3. The van der Waals surface area contributed by atoms with Gasteiger partial charge in [-0.3, -0.25) is 4.79 Å². The lowest BCUT2D eigenvalue weighted by Gasteiger charge is -2.26. The molecule has 2 heterocycles.